The fourth-order valence-electron chi connectivity index (χ4n) is 1.96. The van der Waals surface area contributed by atoms with Crippen LogP contribution in [0.1, 0.15) is 12.7 Å². The number of aromatic nitrogens is 3. The van der Waals surface area contributed by atoms with Gasteiger partial charge >= 0.3 is 0 Å². The van der Waals surface area contributed by atoms with E-state index in [9.17, 15) is 0 Å². The molecule has 0 radical (unpaired) electrons. The number of hydrogen-bond donors (Lipinski definition) is 0. The van der Waals surface area contributed by atoms with Gasteiger partial charge in [-0.25, -0.2) is 4.98 Å². The highest BCUT2D eigenvalue weighted by Gasteiger charge is 2.10. The SMILES string of the molecule is CCc1nc(Br)cc(Oc2ccc(Cl)c3cccnc23)n1. The molecule has 0 saturated heterocycles. The van der Waals surface area contributed by atoms with E-state index in [-0.39, 0.29) is 0 Å². The average molecular weight is 365 g/mol. The number of fused-ring (bicyclic) bond motifs is 1. The van der Waals surface area contributed by atoms with Crippen LogP contribution in [0.4, 0.5) is 0 Å². The Bertz CT molecular complexity index is 810. The van der Waals surface area contributed by atoms with Gasteiger partial charge in [0.25, 0.3) is 0 Å². The van der Waals surface area contributed by atoms with Crippen LogP contribution in [0.15, 0.2) is 41.1 Å². The average Bonchev–Trinajstić information content (AvgIpc) is 2.50. The van der Waals surface area contributed by atoms with Crippen LogP contribution in [0, 0.1) is 0 Å². The number of hydrogen-bond acceptors (Lipinski definition) is 4. The molecule has 0 aliphatic carbocycles. The second kappa shape index (κ2) is 5.95. The fraction of sp³-hybridized carbons (Fsp3) is 0.133. The molecule has 4 nitrogen and oxygen atoms in total. The zero-order chi connectivity index (χ0) is 14.8. The van der Waals surface area contributed by atoms with Gasteiger partial charge in [-0.1, -0.05) is 18.5 Å². The first-order valence-corrected chi connectivity index (χ1v) is 7.59. The van der Waals surface area contributed by atoms with Gasteiger partial charge in [-0.2, -0.15) is 4.98 Å². The van der Waals surface area contributed by atoms with Gasteiger partial charge in [0.1, 0.15) is 15.9 Å². The van der Waals surface area contributed by atoms with Crippen molar-refractivity contribution < 1.29 is 4.74 Å². The van der Waals surface area contributed by atoms with Gasteiger partial charge in [-0.3, -0.25) is 4.98 Å². The van der Waals surface area contributed by atoms with E-state index in [2.05, 4.69) is 30.9 Å². The number of benzene rings is 1. The molecule has 0 unspecified atom stereocenters. The van der Waals surface area contributed by atoms with Crippen molar-refractivity contribution in [3.8, 4) is 11.6 Å². The minimum Gasteiger partial charge on any atom is -0.437 e. The van der Waals surface area contributed by atoms with E-state index in [0.29, 0.717) is 32.6 Å². The molecule has 0 aliphatic heterocycles. The minimum absolute atomic E-state index is 0.475. The summed E-state index contributed by atoms with van der Waals surface area (Å²) in [6.45, 7) is 1.99. The highest BCUT2D eigenvalue weighted by atomic mass is 79.9. The summed E-state index contributed by atoms with van der Waals surface area (Å²) < 4.78 is 6.56. The summed E-state index contributed by atoms with van der Waals surface area (Å²) in [6.07, 6.45) is 2.44. The van der Waals surface area contributed by atoms with E-state index >= 15 is 0 Å². The summed E-state index contributed by atoms with van der Waals surface area (Å²) in [6, 6.07) is 9.05. The molecule has 2 aromatic heterocycles. The highest BCUT2D eigenvalue weighted by molar-refractivity contribution is 9.10. The Morgan fingerprint density at radius 3 is 2.90 bits per heavy atom. The molecular formula is C15H11BrClN3O. The van der Waals surface area contributed by atoms with Gasteiger partial charge in [0.05, 0.1) is 5.02 Å². The van der Waals surface area contributed by atoms with Crippen LogP contribution >= 0.6 is 27.5 Å². The van der Waals surface area contributed by atoms with Gasteiger partial charge < -0.3 is 4.74 Å². The molecule has 3 rings (SSSR count). The van der Waals surface area contributed by atoms with Crippen LogP contribution in [-0.4, -0.2) is 15.0 Å². The van der Waals surface area contributed by atoms with E-state index in [4.69, 9.17) is 16.3 Å². The lowest BCUT2D eigenvalue weighted by Crippen LogP contribution is -1.97. The first-order chi connectivity index (χ1) is 10.2. The standard InChI is InChI=1S/C15H11BrClN3O/c1-2-13-19-12(16)8-14(20-13)21-11-6-5-10(17)9-4-3-7-18-15(9)11/h3-8H,2H2,1H3. The van der Waals surface area contributed by atoms with Crippen LogP contribution in [0.2, 0.25) is 5.02 Å². The summed E-state index contributed by atoms with van der Waals surface area (Å²) in [5.74, 6) is 1.80. The van der Waals surface area contributed by atoms with E-state index in [0.717, 1.165) is 11.8 Å². The molecule has 1 aromatic carbocycles. The van der Waals surface area contributed by atoms with Crippen molar-refractivity contribution in [1.82, 2.24) is 15.0 Å². The number of pyridine rings is 1. The van der Waals surface area contributed by atoms with Gasteiger partial charge in [-0.05, 0) is 40.2 Å². The Morgan fingerprint density at radius 2 is 2.10 bits per heavy atom. The minimum atomic E-state index is 0.475. The largest absolute Gasteiger partial charge is 0.437 e. The maximum atomic E-state index is 6.18. The molecular weight excluding hydrogens is 354 g/mol. The van der Waals surface area contributed by atoms with Gasteiger partial charge in [0.2, 0.25) is 5.88 Å². The second-order valence-electron chi connectivity index (χ2n) is 4.35. The van der Waals surface area contributed by atoms with Gasteiger partial charge in [-0.15, -0.1) is 0 Å². The molecule has 6 heteroatoms. The quantitative estimate of drug-likeness (QED) is 0.627. The van der Waals surface area contributed by atoms with Crippen molar-refractivity contribution >= 4 is 38.4 Å². The van der Waals surface area contributed by atoms with Crippen LogP contribution in [0.25, 0.3) is 10.9 Å². The first kappa shape index (κ1) is 14.2. The number of halogens is 2. The molecule has 0 bridgehead atoms. The molecule has 0 saturated carbocycles. The van der Waals surface area contributed by atoms with E-state index in [1.54, 1.807) is 24.4 Å². The summed E-state index contributed by atoms with van der Waals surface area (Å²) in [5.41, 5.74) is 0.706. The lowest BCUT2D eigenvalue weighted by Gasteiger charge is -2.09. The molecule has 106 valence electrons. The summed E-state index contributed by atoms with van der Waals surface area (Å²) in [5, 5.41) is 1.49. The Kier molecular flexibility index (Phi) is 4.03. The fourth-order valence-corrected chi connectivity index (χ4v) is 2.58. The lowest BCUT2D eigenvalue weighted by molar-refractivity contribution is 0.462. The predicted molar refractivity (Wildman–Crippen MR) is 85.9 cm³/mol. The molecule has 3 aromatic rings. The van der Waals surface area contributed by atoms with Gasteiger partial charge in [0.15, 0.2) is 5.75 Å². The number of nitrogens with zero attached hydrogens (tertiary/aromatic N) is 3. The molecule has 0 amide bonds. The predicted octanol–water partition coefficient (Wildman–Crippen LogP) is 4.80. The van der Waals surface area contributed by atoms with E-state index in [1.807, 2.05) is 19.1 Å². The molecule has 0 aliphatic rings. The third-order valence-corrected chi connectivity index (χ3v) is 3.66. The summed E-state index contributed by atoms with van der Waals surface area (Å²) >= 11 is 9.54. The Morgan fingerprint density at radius 1 is 1.24 bits per heavy atom. The number of ether oxygens (including phenoxy) is 1. The summed E-state index contributed by atoms with van der Waals surface area (Å²) in [4.78, 5) is 13.0. The van der Waals surface area contributed by atoms with Crippen molar-refractivity contribution in [1.29, 1.82) is 0 Å². The maximum absolute atomic E-state index is 6.18. The molecule has 0 N–H and O–H groups in total. The molecule has 21 heavy (non-hydrogen) atoms. The zero-order valence-corrected chi connectivity index (χ0v) is 13.5. The molecule has 0 fully saturated rings. The Hall–Kier alpha value is -1.72. The number of aryl methyl sites for hydroxylation is 1. The second-order valence-corrected chi connectivity index (χ2v) is 5.57. The smallest absolute Gasteiger partial charge is 0.223 e. The van der Waals surface area contributed by atoms with Crippen molar-refractivity contribution in [2.75, 3.05) is 0 Å². The normalized spacial score (nSPS) is 10.8. The lowest BCUT2D eigenvalue weighted by atomic mass is 10.2. The monoisotopic (exact) mass is 363 g/mol. The molecule has 0 atom stereocenters. The Balaban J connectivity index is 2.06. The van der Waals surface area contributed by atoms with Crippen molar-refractivity contribution in [2.45, 2.75) is 13.3 Å². The van der Waals surface area contributed by atoms with Crippen molar-refractivity contribution in [2.24, 2.45) is 0 Å². The van der Waals surface area contributed by atoms with Crippen molar-refractivity contribution in [3.05, 3.63) is 52.0 Å². The summed E-state index contributed by atoms with van der Waals surface area (Å²) in [7, 11) is 0. The van der Waals surface area contributed by atoms with Crippen LogP contribution < -0.4 is 4.74 Å². The molecule has 0 spiro atoms. The zero-order valence-electron chi connectivity index (χ0n) is 11.2. The first-order valence-electron chi connectivity index (χ1n) is 6.42. The Labute approximate surface area is 135 Å². The third kappa shape index (κ3) is 2.99. The highest BCUT2D eigenvalue weighted by Crippen LogP contribution is 2.32. The third-order valence-electron chi connectivity index (χ3n) is 2.93. The topological polar surface area (TPSA) is 47.9 Å². The van der Waals surface area contributed by atoms with Gasteiger partial charge in [0, 0.05) is 24.1 Å². The molecule has 2 heterocycles. The van der Waals surface area contributed by atoms with Crippen LogP contribution in [0.3, 0.4) is 0 Å². The van der Waals surface area contributed by atoms with E-state index < -0.39 is 0 Å². The van der Waals surface area contributed by atoms with E-state index in [1.165, 1.54) is 0 Å². The maximum Gasteiger partial charge on any atom is 0.223 e. The van der Waals surface area contributed by atoms with Crippen LogP contribution in [-0.2, 0) is 6.42 Å². The number of rotatable bonds is 3. The van der Waals surface area contributed by atoms with Crippen LogP contribution in [0.5, 0.6) is 11.6 Å². The van der Waals surface area contributed by atoms with Crippen molar-refractivity contribution in [3.63, 3.8) is 0 Å².